The number of anilines is 1. The Morgan fingerprint density at radius 2 is 2.35 bits per heavy atom. The molecule has 0 aliphatic rings. The fourth-order valence-electron chi connectivity index (χ4n) is 1.42. The van der Waals surface area contributed by atoms with Gasteiger partial charge >= 0.3 is 5.82 Å². The van der Waals surface area contributed by atoms with Gasteiger partial charge in [-0.1, -0.05) is 0 Å². The molecule has 17 heavy (non-hydrogen) atoms. The summed E-state index contributed by atoms with van der Waals surface area (Å²) >= 11 is 0. The average molecular weight is 233 g/mol. The van der Waals surface area contributed by atoms with Crippen molar-refractivity contribution in [3.8, 4) is 0 Å². The summed E-state index contributed by atoms with van der Waals surface area (Å²) in [5.74, 6) is -0.155. The molecule has 2 rings (SSSR count). The zero-order valence-electron chi connectivity index (χ0n) is 8.98. The first kappa shape index (κ1) is 11.1. The highest BCUT2D eigenvalue weighted by molar-refractivity contribution is 5.56. The van der Waals surface area contributed by atoms with Gasteiger partial charge in [-0.2, -0.15) is 0 Å². The van der Waals surface area contributed by atoms with Crippen molar-refractivity contribution in [2.24, 2.45) is 0 Å². The molecule has 0 aliphatic heterocycles. The van der Waals surface area contributed by atoms with Gasteiger partial charge in [0.1, 0.15) is 11.9 Å². The van der Waals surface area contributed by atoms with E-state index in [9.17, 15) is 10.1 Å². The van der Waals surface area contributed by atoms with Crippen LogP contribution >= 0.6 is 0 Å². The van der Waals surface area contributed by atoms with E-state index in [-0.39, 0.29) is 5.82 Å². The number of imidazole rings is 1. The van der Waals surface area contributed by atoms with Crippen LogP contribution in [0.5, 0.6) is 0 Å². The molecule has 0 spiro atoms. The number of nitrogens with one attached hydrogen (secondary N) is 1. The molecule has 1 N–H and O–H groups in total. The Morgan fingerprint density at radius 1 is 1.47 bits per heavy atom. The Morgan fingerprint density at radius 3 is 3.06 bits per heavy atom. The van der Waals surface area contributed by atoms with Gasteiger partial charge in [0.25, 0.3) is 0 Å². The molecule has 2 aromatic heterocycles. The van der Waals surface area contributed by atoms with Crippen LogP contribution in [0, 0.1) is 10.1 Å². The smallest absolute Gasteiger partial charge is 0.376 e. The number of rotatable bonds is 5. The predicted octanol–water partition coefficient (Wildman–Crippen LogP) is 1.30. The molecule has 7 heteroatoms. The zero-order valence-corrected chi connectivity index (χ0v) is 8.98. The minimum atomic E-state index is -0.500. The van der Waals surface area contributed by atoms with E-state index in [0.29, 0.717) is 18.8 Å². The summed E-state index contributed by atoms with van der Waals surface area (Å²) in [7, 11) is 0. The summed E-state index contributed by atoms with van der Waals surface area (Å²) in [4.78, 5) is 17.8. The lowest BCUT2D eigenvalue weighted by Crippen LogP contribution is -2.10. The molecule has 0 amide bonds. The van der Waals surface area contributed by atoms with Crippen molar-refractivity contribution in [1.29, 1.82) is 0 Å². The van der Waals surface area contributed by atoms with Crippen molar-refractivity contribution in [1.82, 2.24) is 14.5 Å². The molecular weight excluding hydrogens is 222 g/mol. The minimum Gasteiger partial charge on any atom is -0.376 e. The lowest BCUT2D eigenvalue weighted by atomic mass is 10.4. The first-order chi connectivity index (χ1) is 8.27. The quantitative estimate of drug-likeness (QED) is 0.621. The molecule has 0 bridgehead atoms. The molecular formula is C10H11N5O2. The molecule has 0 aliphatic carbocycles. The second-order valence-corrected chi connectivity index (χ2v) is 3.36. The van der Waals surface area contributed by atoms with Crippen LogP contribution < -0.4 is 5.32 Å². The second kappa shape index (κ2) is 5.06. The van der Waals surface area contributed by atoms with Crippen molar-refractivity contribution >= 4 is 11.5 Å². The Hall–Kier alpha value is -2.44. The summed E-state index contributed by atoms with van der Waals surface area (Å²) in [6.07, 6.45) is 6.62. The highest BCUT2D eigenvalue weighted by Crippen LogP contribution is 2.19. The van der Waals surface area contributed by atoms with E-state index < -0.39 is 4.92 Å². The van der Waals surface area contributed by atoms with E-state index in [2.05, 4.69) is 15.3 Å². The van der Waals surface area contributed by atoms with Crippen LogP contribution in [0.3, 0.4) is 0 Å². The lowest BCUT2D eigenvalue weighted by molar-refractivity contribution is -0.388. The number of pyridine rings is 1. The van der Waals surface area contributed by atoms with E-state index in [0.717, 1.165) is 0 Å². The fraction of sp³-hybridized carbons (Fsp3) is 0.200. The van der Waals surface area contributed by atoms with Crippen LogP contribution in [0.2, 0.25) is 0 Å². The van der Waals surface area contributed by atoms with E-state index in [4.69, 9.17) is 0 Å². The Balaban J connectivity index is 1.97. The third kappa shape index (κ3) is 2.77. The van der Waals surface area contributed by atoms with Gasteiger partial charge in [-0.05, 0) is 22.0 Å². The lowest BCUT2D eigenvalue weighted by Gasteiger charge is -2.06. The van der Waals surface area contributed by atoms with Crippen LogP contribution in [0.25, 0.3) is 0 Å². The predicted molar refractivity (Wildman–Crippen MR) is 61.6 cm³/mol. The standard InChI is InChI=1S/C10H11N5O2/c16-15(17)10-9(2-1-3-13-10)12-5-7-14-6-4-11-8-14/h1-4,6,8,12H,5,7H2. The van der Waals surface area contributed by atoms with Crippen LogP contribution in [0.15, 0.2) is 37.1 Å². The largest absolute Gasteiger partial charge is 0.386 e. The number of nitrogens with zero attached hydrogens (tertiary/aromatic N) is 4. The average Bonchev–Trinajstić information content (AvgIpc) is 2.82. The summed E-state index contributed by atoms with van der Waals surface area (Å²) in [6, 6.07) is 3.30. The fourth-order valence-corrected chi connectivity index (χ4v) is 1.42. The third-order valence-corrected chi connectivity index (χ3v) is 2.20. The van der Waals surface area contributed by atoms with Crippen LogP contribution in [0.4, 0.5) is 11.5 Å². The highest BCUT2D eigenvalue weighted by atomic mass is 16.6. The van der Waals surface area contributed by atoms with Crippen LogP contribution in [-0.4, -0.2) is 26.0 Å². The molecule has 2 aromatic rings. The van der Waals surface area contributed by atoms with Gasteiger partial charge in [0, 0.05) is 25.5 Å². The topological polar surface area (TPSA) is 85.9 Å². The minimum absolute atomic E-state index is 0.155. The van der Waals surface area contributed by atoms with Gasteiger partial charge in [0.15, 0.2) is 0 Å². The molecule has 0 saturated heterocycles. The Labute approximate surface area is 97.3 Å². The molecule has 0 fully saturated rings. The van der Waals surface area contributed by atoms with Gasteiger partial charge in [-0.3, -0.25) is 0 Å². The number of nitro groups is 1. The first-order valence-electron chi connectivity index (χ1n) is 5.06. The normalized spacial score (nSPS) is 10.1. The van der Waals surface area contributed by atoms with Crippen molar-refractivity contribution < 1.29 is 4.92 Å². The van der Waals surface area contributed by atoms with E-state index in [1.807, 2.05) is 10.8 Å². The van der Waals surface area contributed by atoms with Crippen molar-refractivity contribution in [2.45, 2.75) is 6.54 Å². The van der Waals surface area contributed by atoms with Crippen molar-refractivity contribution in [3.05, 3.63) is 47.2 Å². The Kier molecular flexibility index (Phi) is 3.29. The molecule has 2 heterocycles. The van der Waals surface area contributed by atoms with E-state index in [1.54, 1.807) is 24.7 Å². The van der Waals surface area contributed by atoms with Gasteiger partial charge in [-0.25, -0.2) is 4.98 Å². The summed E-state index contributed by atoms with van der Waals surface area (Å²) in [5, 5.41) is 13.7. The molecule has 0 saturated carbocycles. The van der Waals surface area contributed by atoms with Gasteiger partial charge in [0.05, 0.1) is 6.33 Å². The van der Waals surface area contributed by atoms with Crippen molar-refractivity contribution in [2.75, 3.05) is 11.9 Å². The first-order valence-corrected chi connectivity index (χ1v) is 5.06. The van der Waals surface area contributed by atoms with Crippen LogP contribution in [-0.2, 0) is 6.54 Å². The molecule has 0 aromatic carbocycles. The van der Waals surface area contributed by atoms with Crippen LogP contribution in [0.1, 0.15) is 0 Å². The van der Waals surface area contributed by atoms with E-state index in [1.165, 1.54) is 6.20 Å². The third-order valence-electron chi connectivity index (χ3n) is 2.20. The molecule has 88 valence electrons. The molecule has 0 radical (unpaired) electrons. The van der Waals surface area contributed by atoms with Gasteiger partial charge < -0.3 is 20.0 Å². The maximum Gasteiger partial charge on any atom is 0.386 e. The summed E-state index contributed by atoms with van der Waals surface area (Å²) < 4.78 is 1.88. The maximum atomic E-state index is 10.7. The SMILES string of the molecule is O=[N+]([O-])c1ncccc1NCCn1ccnc1. The van der Waals surface area contributed by atoms with Gasteiger partial charge in [0.2, 0.25) is 0 Å². The Bertz CT molecular complexity index is 497. The molecule has 0 atom stereocenters. The summed E-state index contributed by atoms with van der Waals surface area (Å²) in [6.45, 7) is 1.26. The summed E-state index contributed by atoms with van der Waals surface area (Å²) in [5.41, 5.74) is 0.428. The molecule has 7 nitrogen and oxygen atoms in total. The maximum absolute atomic E-state index is 10.7. The number of hydrogen-bond donors (Lipinski definition) is 1. The zero-order chi connectivity index (χ0) is 12.1. The highest BCUT2D eigenvalue weighted by Gasteiger charge is 2.12. The molecule has 0 unspecified atom stereocenters. The number of aromatic nitrogens is 3. The van der Waals surface area contributed by atoms with Gasteiger partial charge in [-0.15, -0.1) is 0 Å². The van der Waals surface area contributed by atoms with E-state index >= 15 is 0 Å². The monoisotopic (exact) mass is 233 g/mol. The second-order valence-electron chi connectivity index (χ2n) is 3.36. The number of hydrogen-bond acceptors (Lipinski definition) is 5. The van der Waals surface area contributed by atoms with Crippen molar-refractivity contribution in [3.63, 3.8) is 0 Å².